The highest BCUT2D eigenvalue weighted by atomic mass is 79.9. The lowest BCUT2D eigenvalue weighted by Gasteiger charge is -2.07. The normalized spacial score (nSPS) is 10.8. The van der Waals surface area contributed by atoms with E-state index in [-0.39, 0.29) is 12.3 Å². The molecule has 0 heterocycles. The number of carbonyl (C=O) groups excluding carboxylic acids is 2. The molecular formula is C13H14BrNO4. The summed E-state index contributed by atoms with van der Waals surface area (Å²) in [5.41, 5.74) is 0.793. The van der Waals surface area contributed by atoms with Crippen molar-refractivity contribution in [2.45, 2.75) is 6.92 Å². The molecule has 0 bridgehead atoms. The Kier molecular flexibility index (Phi) is 6.08. The maximum absolute atomic E-state index is 11.6. The van der Waals surface area contributed by atoms with E-state index in [1.165, 1.54) is 6.08 Å². The van der Waals surface area contributed by atoms with Gasteiger partial charge in [0.1, 0.15) is 11.4 Å². The molecule has 1 aromatic rings. The standard InChI is InChI=1S/C13H14BrNO4/c1-3-19-13(17)12(15-8-16)6-9-4-5-10(18-2)7-11(9)14/h4-8H,3H2,1-2H3,(H,15,16)/b12-6+. The number of esters is 1. The Morgan fingerprint density at radius 1 is 1.47 bits per heavy atom. The van der Waals surface area contributed by atoms with E-state index in [4.69, 9.17) is 9.47 Å². The number of halogens is 1. The van der Waals surface area contributed by atoms with E-state index in [1.807, 2.05) is 0 Å². The van der Waals surface area contributed by atoms with Crippen molar-refractivity contribution in [1.82, 2.24) is 5.32 Å². The minimum atomic E-state index is -0.586. The van der Waals surface area contributed by atoms with E-state index in [1.54, 1.807) is 32.2 Å². The van der Waals surface area contributed by atoms with Gasteiger partial charge < -0.3 is 14.8 Å². The van der Waals surface area contributed by atoms with Gasteiger partial charge in [-0.2, -0.15) is 0 Å². The van der Waals surface area contributed by atoms with Crippen LogP contribution in [0.15, 0.2) is 28.4 Å². The molecule has 0 fully saturated rings. The molecule has 1 aromatic carbocycles. The van der Waals surface area contributed by atoms with Gasteiger partial charge in [-0.25, -0.2) is 4.79 Å². The zero-order valence-corrected chi connectivity index (χ0v) is 12.2. The molecule has 0 atom stereocenters. The summed E-state index contributed by atoms with van der Waals surface area (Å²) in [6.45, 7) is 1.93. The van der Waals surface area contributed by atoms with Gasteiger partial charge in [-0.05, 0) is 30.7 Å². The lowest BCUT2D eigenvalue weighted by Crippen LogP contribution is -2.20. The molecule has 0 aromatic heterocycles. The number of hydrogen-bond acceptors (Lipinski definition) is 4. The molecule has 0 aliphatic carbocycles. The Hall–Kier alpha value is -1.82. The predicted octanol–water partition coefficient (Wildman–Crippen LogP) is 2.11. The average molecular weight is 328 g/mol. The number of methoxy groups -OCH3 is 1. The van der Waals surface area contributed by atoms with Gasteiger partial charge in [-0.3, -0.25) is 4.79 Å². The average Bonchev–Trinajstić information content (AvgIpc) is 2.40. The van der Waals surface area contributed by atoms with Crippen LogP contribution in [0.5, 0.6) is 5.75 Å². The van der Waals surface area contributed by atoms with Gasteiger partial charge in [0, 0.05) is 4.47 Å². The minimum absolute atomic E-state index is 0.0720. The topological polar surface area (TPSA) is 64.6 Å². The second kappa shape index (κ2) is 7.58. The number of ether oxygens (including phenoxy) is 2. The molecule has 0 radical (unpaired) electrons. The van der Waals surface area contributed by atoms with Crippen LogP contribution in [0.1, 0.15) is 12.5 Å². The van der Waals surface area contributed by atoms with Crippen molar-refractivity contribution in [3.05, 3.63) is 33.9 Å². The molecule has 0 saturated carbocycles. The van der Waals surface area contributed by atoms with Crippen LogP contribution in [0.3, 0.4) is 0 Å². The van der Waals surface area contributed by atoms with Crippen LogP contribution in [0, 0.1) is 0 Å². The summed E-state index contributed by atoms with van der Waals surface area (Å²) in [7, 11) is 1.56. The third-order valence-corrected chi connectivity index (χ3v) is 2.90. The summed E-state index contributed by atoms with van der Waals surface area (Å²) in [5.74, 6) is 0.0994. The highest BCUT2D eigenvalue weighted by Crippen LogP contribution is 2.24. The van der Waals surface area contributed by atoms with Gasteiger partial charge in [-0.15, -0.1) is 0 Å². The Morgan fingerprint density at radius 3 is 2.74 bits per heavy atom. The lowest BCUT2D eigenvalue weighted by atomic mass is 10.2. The largest absolute Gasteiger partial charge is 0.497 e. The fourth-order valence-corrected chi connectivity index (χ4v) is 1.81. The first-order valence-corrected chi connectivity index (χ1v) is 6.34. The Labute approximate surface area is 119 Å². The number of benzene rings is 1. The summed E-state index contributed by atoms with van der Waals surface area (Å²) in [6, 6.07) is 5.27. The molecule has 102 valence electrons. The van der Waals surface area contributed by atoms with Crippen LogP contribution < -0.4 is 10.1 Å². The first-order valence-electron chi connectivity index (χ1n) is 5.55. The molecule has 0 saturated heterocycles. The second-order valence-electron chi connectivity index (χ2n) is 3.43. The predicted molar refractivity (Wildman–Crippen MR) is 74.5 cm³/mol. The SMILES string of the molecule is CCOC(=O)/C(=C\c1ccc(OC)cc1Br)NC=O. The van der Waals surface area contributed by atoms with E-state index in [0.29, 0.717) is 12.2 Å². The van der Waals surface area contributed by atoms with Crippen molar-refractivity contribution in [2.24, 2.45) is 0 Å². The second-order valence-corrected chi connectivity index (χ2v) is 4.28. The quantitative estimate of drug-likeness (QED) is 0.493. The van der Waals surface area contributed by atoms with Gasteiger partial charge in [-0.1, -0.05) is 22.0 Å². The van der Waals surface area contributed by atoms with Crippen molar-refractivity contribution in [1.29, 1.82) is 0 Å². The van der Waals surface area contributed by atoms with E-state index < -0.39 is 5.97 Å². The number of carbonyl (C=O) groups is 2. The van der Waals surface area contributed by atoms with E-state index in [2.05, 4.69) is 21.2 Å². The molecule has 1 rings (SSSR count). The summed E-state index contributed by atoms with van der Waals surface area (Å²) in [4.78, 5) is 22.1. The molecule has 5 nitrogen and oxygen atoms in total. The van der Waals surface area contributed by atoms with Gasteiger partial charge in [0.05, 0.1) is 13.7 Å². The third-order valence-electron chi connectivity index (χ3n) is 2.22. The maximum Gasteiger partial charge on any atom is 0.354 e. The molecule has 1 amide bonds. The molecule has 6 heteroatoms. The zero-order chi connectivity index (χ0) is 14.3. The number of hydrogen-bond donors (Lipinski definition) is 1. The molecule has 0 unspecified atom stereocenters. The number of nitrogens with one attached hydrogen (secondary N) is 1. The minimum Gasteiger partial charge on any atom is -0.497 e. The van der Waals surface area contributed by atoms with E-state index in [9.17, 15) is 9.59 Å². The lowest BCUT2D eigenvalue weighted by molar-refractivity contribution is -0.139. The van der Waals surface area contributed by atoms with Crippen molar-refractivity contribution >= 4 is 34.4 Å². The van der Waals surface area contributed by atoms with Gasteiger partial charge in [0.2, 0.25) is 6.41 Å². The Balaban J connectivity index is 3.07. The first kappa shape index (κ1) is 15.2. The molecule has 19 heavy (non-hydrogen) atoms. The molecule has 0 aliphatic rings. The van der Waals surface area contributed by atoms with Crippen molar-refractivity contribution in [3.8, 4) is 5.75 Å². The number of amides is 1. The third kappa shape index (κ3) is 4.40. The molecular weight excluding hydrogens is 314 g/mol. The zero-order valence-electron chi connectivity index (χ0n) is 10.6. The molecule has 1 N–H and O–H groups in total. The Morgan fingerprint density at radius 2 is 2.21 bits per heavy atom. The first-order chi connectivity index (χ1) is 9.12. The fourth-order valence-electron chi connectivity index (χ4n) is 1.34. The summed E-state index contributed by atoms with van der Waals surface area (Å²) < 4.78 is 10.7. The van der Waals surface area contributed by atoms with Crippen LogP contribution in [0.2, 0.25) is 0 Å². The van der Waals surface area contributed by atoms with Crippen LogP contribution in [0.4, 0.5) is 0 Å². The van der Waals surface area contributed by atoms with Crippen LogP contribution in [-0.2, 0) is 14.3 Å². The molecule has 0 aliphatic heterocycles. The number of rotatable bonds is 6. The van der Waals surface area contributed by atoms with Crippen LogP contribution in [0.25, 0.3) is 6.08 Å². The summed E-state index contributed by atoms with van der Waals surface area (Å²) >= 11 is 3.36. The summed E-state index contributed by atoms with van der Waals surface area (Å²) in [6.07, 6.45) is 1.95. The smallest absolute Gasteiger partial charge is 0.354 e. The fraction of sp³-hybridized carbons (Fsp3) is 0.231. The van der Waals surface area contributed by atoms with E-state index in [0.717, 1.165) is 10.0 Å². The van der Waals surface area contributed by atoms with Gasteiger partial charge in [0.15, 0.2) is 0 Å². The van der Waals surface area contributed by atoms with Crippen molar-refractivity contribution in [2.75, 3.05) is 13.7 Å². The summed E-state index contributed by atoms with van der Waals surface area (Å²) in [5, 5.41) is 2.33. The van der Waals surface area contributed by atoms with Crippen LogP contribution in [-0.4, -0.2) is 26.1 Å². The van der Waals surface area contributed by atoms with Crippen molar-refractivity contribution < 1.29 is 19.1 Å². The molecule has 0 spiro atoms. The maximum atomic E-state index is 11.6. The monoisotopic (exact) mass is 327 g/mol. The van der Waals surface area contributed by atoms with Crippen molar-refractivity contribution in [3.63, 3.8) is 0 Å². The van der Waals surface area contributed by atoms with Crippen LogP contribution >= 0.6 is 15.9 Å². The van der Waals surface area contributed by atoms with Gasteiger partial charge >= 0.3 is 5.97 Å². The van der Waals surface area contributed by atoms with E-state index >= 15 is 0 Å². The highest BCUT2D eigenvalue weighted by Gasteiger charge is 2.11. The highest BCUT2D eigenvalue weighted by molar-refractivity contribution is 9.10. The Bertz CT molecular complexity index is 499. The van der Waals surface area contributed by atoms with Gasteiger partial charge in [0.25, 0.3) is 0 Å².